The van der Waals surface area contributed by atoms with Crippen LogP contribution in [0.5, 0.6) is 23.0 Å². The van der Waals surface area contributed by atoms with Gasteiger partial charge in [-0.25, -0.2) is 19.5 Å². The number of aromatic amines is 1. The van der Waals surface area contributed by atoms with E-state index in [0.29, 0.717) is 10.7 Å². The fourth-order valence-electron chi connectivity index (χ4n) is 6.00. The van der Waals surface area contributed by atoms with Crippen LogP contribution >= 0.6 is 12.0 Å². The highest BCUT2D eigenvalue weighted by Crippen LogP contribution is 2.47. The summed E-state index contributed by atoms with van der Waals surface area (Å²) in [6, 6.07) is 13.4. The second kappa shape index (κ2) is 21.5. The predicted molar refractivity (Wildman–Crippen MR) is 233 cm³/mol. The van der Waals surface area contributed by atoms with Crippen LogP contribution in [0.4, 0.5) is 34.1 Å². The van der Waals surface area contributed by atoms with Crippen molar-refractivity contribution in [3.05, 3.63) is 94.4 Å². The number of rotatable bonds is 21. The van der Waals surface area contributed by atoms with Crippen LogP contribution in [0, 0.1) is 0 Å². The molecular weight excluding hydrogens is 985 g/mol. The minimum absolute atomic E-state index is 0.0221. The number of carbonyl (C=O) groups is 2. The molecule has 0 atom stereocenters. The molecule has 0 amide bonds. The molecule has 0 unspecified atom stereocenters. The molecule has 362 valence electrons. The van der Waals surface area contributed by atoms with Crippen LogP contribution in [0.1, 0.15) is 20.8 Å². The summed E-state index contributed by atoms with van der Waals surface area (Å²) in [7, 11) is -8.42. The van der Waals surface area contributed by atoms with Crippen LogP contribution in [-0.2, 0) is 29.6 Å². The number of nitrogens with one attached hydrogen (secondary N) is 1. The molecule has 0 aliphatic heterocycles. The van der Waals surface area contributed by atoms with Crippen molar-refractivity contribution in [2.24, 2.45) is 30.7 Å². The highest BCUT2D eigenvalue weighted by molar-refractivity contribution is 7.94. The standard InChI is InChI=1S/C38H32N8O20S3/c1-62-18-5-7-24(31(13-18)69(59,60)61)40-41-25-16-29(64-12-10-48)26(17-28(25)63-11-9-47)42-43-32-30(67-66-65-55)15-21-20(35(32)49)3-2-4-27(21)46-36(50)33(34(45-46)38(53)54)44-39-23-8-6-19(68(56,57)58)14-22(23)37(51)52/h2-8,13-17,45,47-49,55H,9-12H2,1H3,(H,51,52)(H,53,54)(H,56,57,58)(H,59,60,61). The van der Waals surface area contributed by atoms with Crippen LogP contribution < -0.4 is 19.8 Å². The molecule has 0 saturated heterocycles. The molecule has 0 radical (unpaired) electrons. The summed E-state index contributed by atoms with van der Waals surface area (Å²) in [5.74, 6) is -4.34. The molecule has 9 N–H and O–H groups in total. The smallest absolute Gasteiger partial charge is 0.356 e. The summed E-state index contributed by atoms with van der Waals surface area (Å²) in [5.41, 5.74) is -5.40. The number of azo groups is 3. The van der Waals surface area contributed by atoms with Gasteiger partial charge in [0.1, 0.15) is 63.8 Å². The zero-order chi connectivity index (χ0) is 50.2. The molecule has 0 bridgehead atoms. The molecule has 5 aromatic carbocycles. The third-order valence-corrected chi connectivity index (χ3v) is 11.4. The van der Waals surface area contributed by atoms with Crippen molar-refractivity contribution in [2.45, 2.75) is 14.7 Å². The van der Waals surface area contributed by atoms with E-state index in [1.807, 2.05) is 0 Å². The van der Waals surface area contributed by atoms with E-state index in [9.17, 15) is 65.9 Å². The average Bonchev–Trinajstić information content (AvgIpc) is 3.65. The van der Waals surface area contributed by atoms with Gasteiger partial charge in [-0.3, -0.25) is 19.0 Å². The largest absolute Gasteiger partial charge is 0.505 e. The van der Waals surface area contributed by atoms with E-state index in [0.717, 1.165) is 18.2 Å². The Kier molecular flexibility index (Phi) is 15.8. The number of aromatic nitrogens is 2. The van der Waals surface area contributed by atoms with Gasteiger partial charge in [-0.15, -0.1) is 35.0 Å². The molecule has 6 aromatic rings. The van der Waals surface area contributed by atoms with Crippen molar-refractivity contribution >= 4 is 89.1 Å². The number of benzene rings is 5. The zero-order valence-electron chi connectivity index (χ0n) is 34.6. The molecule has 0 spiro atoms. The maximum atomic E-state index is 13.9. The lowest BCUT2D eigenvalue weighted by atomic mass is 10.1. The monoisotopic (exact) mass is 1020 g/mol. The van der Waals surface area contributed by atoms with Gasteiger partial charge in [-0.1, -0.05) is 17.2 Å². The number of fused-ring (bicyclic) bond motifs is 1. The van der Waals surface area contributed by atoms with Crippen molar-refractivity contribution in [3.8, 4) is 28.7 Å². The minimum atomic E-state index is -4.85. The van der Waals surface area contributed by atoms with Crippen molar-refractivity contribution in [2.75, 3.05) is 33.5 Å². The number of hydrogen-bond acceptors (Lipinski definition) is 23. The summed E-state index contributed by atoms with van der Waals surface area (Å²) in [6.45, 7) is -1.65. The number of carboxylic acid groups (broad SMARTS) is 2. The molecule has 0 saturated carbocycles. The van der Waals surface area contributed by atoms with Crippen molar-refractivity contribution in [1.82, 2.24) is 9.78 Å². The maximum Gasteiger partial charge on any atom is 0.356 e. The number of phenols is 1. The summed E-state index contributed by atoms with van der Waals surface area (Å²) in [4.78, 5) is 36.4. The number of nitrogens with zero attached hydrogens (tertiary/aromatic N) is 7. The number of aromatic hydroxyl groups is 1. The Bertz CT molecular complexity index is 3360. The zero-order valence-corrected chi connectivity index (χ0v) is 37.0. The van der Waals surface area contributed by atoms with E-state index in [4.69, 9.17) is 19.5 Å². The molecule has 0 aliphatic carbocycles. The van der Waals surface area contributed by atoms with Gasteiger partial charge >= 0.3 is 11.9 Å². The second-order valence-electron chi connectivity index (χ2n) is 13.3. The maximum absolute atomic E-state index is 13.9. The molecule has 1 heterocycles. The lowest BCUT2D eigenvalue weighted by Gasteiger charge is -2.14. The Labute approximate surface area is 389 Å². The van der Waals surface area contributed by atoms with E-state index >= 15 is 0 Å². The predicted octanol–water partition coefficient (Wildman–Crippen LogP) is 6.34. The van der Waals surface area contributed by atoms with Crippen LogP contribution in [0.25, 0.3) is 16.5 Å². The molecular formula is C38H32N8O20S3. The van der Waals surface area contributed by atoms with E-state index in [-0.39, 0.29) is 86.6 Å². The van der Waals surface area contributed by atoms with Gasteiger partial charge in [0.05, 0.1) is 53.4 Å². The van der Waals surface area contributed by atoms with Gasteiger partial charge in [-0.2, -0.15) is 16.8 Å². The topological polar surface area (TPSA) is 422 Å². The average molecular weight is 1020 g/mol. The third-order valence-electron chi connectivity index (χ3n) is 9.01. The summed E-state index contributed by atoms with van der Waals surface area (Å²) < 4.78 is 88.2. The van der Waals surface area contributed by atoms with Crippen molar-refractivity contribution < 1.29 is 89.9 Å². The van der Waals surface area contributed by atoms with Gasteiger partial charge in [0.25, 0.3) is 25.8 Å². The van der Waals surface area contributed by atoms with Gasteiger partial charge in [0.2, 0.25) is 0 Å². The molecule has 1 aromatic heterocycles. The summed E-state index contributed by atoms with van der Waals surface area (Å²) in [6.07, 6.45) is 0. The molecule has 0 fully saturated rings. The normalized spacial score (nSPS) is 12.1. The Balaban J connectivity index is 1.47. The van der Waals surface area contributed by atoms with Crippen LogP contribution in [-0.4, -0.2) is 112 Å². The van der Waals surface area contributed by atoms with Crippen LogP contribution in [0.15, 0.2) is 123 Å². The van der Waals surface area contributed by atoms with Gasteiger partial charge in [0.15, 0.2) is 17.1 Å². The molecule has 31 heteroatoms. The second-order valence-corrected chi connectivity index (χ2v) is 16.8. The van der Waals surface area contributed by atoms with Crippen LogP contribution in [0.2, 0.25) is 0 Å². The first-order chi connectivity index (χ1) is 32.8. The summed E-state index contributed by atoms with van der Waals surface area (Å²) in [5, 5.41) is 89.2. The Morgan fingerprint density at radius 3 is 1.91 bits per heavy atom. The van der Waals surface area contributed by atoms with Crippen LogP contribution in [0.3, 0.4) is 0 Å². The number of methoxy groups -OCH3 is 1. The van der Waals surface area contributed by atoms with Gasteiger partial charge < -0.3 is 39.7 Å². The Hall–Kier alpha value is -7.72. The highest BCUT2D eigenvalue weighted by Gasteiger charge is 2.25. The number of carboxylic acids is 2. The lowest BCUT2D eigenvalue weighted by molar-refractivity contribution is -0.432. The highest BCUT2D eigenvalue weighted by atomic mass is 32.2. The Morgan fingerprint density at radius 1 is 0.725 bits per heavy atom. The number of aliphatic hydroxyl groups is 2. The minimum Gasteiger partial charge on any atom is -0.505 e. The van der Waals surface area contributed by atoms with E-state index in [2.05, 4.69) is 45.2 Å². The number of hydrogen-bond donors (Lipinski definition) is 9. The number of aromatic carboxylic acids is 2. The number of aliphatic hydroxyl groups excluding tert-OH is 2. The fourth-order valence-corrected chi connectivity index (χ4v) is 7.63. The number of phenolic OH excluding ortho intramolecular Hbond substituents is 1. The molecule has 28 nitrogen and oxygen atoms in total. The Morgan fingerprint density at radius 2 is 1.33 bits per heavy atom. The van der Waals surface area contributed by atoms with Gasteiger partial charge in [0, 0.05) is 29.0 Å². The molecule has 0 aliphatic rings. The molecule has 69 heavy (non-hydrogen) atoms. The molecule has 6 rings (SSSR count). The SMILES string of the molecule is COc1ccc(N=Nc2cc(OCCO)c(N=Nc3c(SOOO)cc4c(-n5[nH]c(C(=O)O)c(N=Nc6ccc(S(=O)(=O)O)cc6C(=O)O)c5=O)cccc4c3O)cc2OCCO)c(S(=O)(=O)O)c1. The first kappa shape index (κ1) is 50.7. The van der Waals surface area contributed by atoms with Gasteiger partial charge in [-0.05, 0) is 42.5 Å². The first-order valence-electron chi connectivity index (χ1n) is 18.7. The fraction of sp³-hybridized carbons (Fsp3) is 0.132. The van der Waals surface area contributed by atoms with E-state index in [1.54, 1.807) is 0 Å². The van der Waals surface area contributed by atoms with Crippen molar-refractivity contribution in [3.63, 3.8) is 0 Å². The van der Waals surface area contributed by atoms with E-state index < -0.39 is 89.1 Å². The lowest BCUT2D eigenvalue weighted by Crippen LogP contribution is -2.14. The quantitative estimate of drug-likeness (QED) is 0.0125. The number of H-pyrrole nitrogens is 1. The third kappa shape index (κ3) is 11.5. The van der Waals surface area contributed by atoms with E-state index in [1.165, 1.54) is 55.6 Å². The first-order valence-corrected chi connectivity index (χ1v) is 22.4. The van der Waals surface area contributed by atoms with Crippen molar-refractivity contribution in [1.29, 1.82) is 0 Å². The summed E-state index contributed by atoms with van der Waals surface area (Å²) >= 11 is 0.264. The number of ether oxygens (including phenoxy) is 3.